The molecule has 0 unspecified atom stereocenters. The molecule has 1 aliphatic heterocycles. The number of halogens is 1. The lowest BCUT2D eigenvalue weighted by Crippen LogP contribution is -2.34. The average Bonchev–Trinajstić information content (AvgIpc) is 3.24. The number of methoxy groups -OCH3 is 1. The number of hydrazone groups is 1. The maximum atomic E-state index is 13.5. The second kappa shape index (κ2) is 9.15. The third-order valence-electron chi connectivity index (χ3n) is 6.77. The molecule has 0 aromatic heterocycles. The molecule has 2 amide bonds. The maximum Gasteiger partial charge on any atom is 0.342 e. The number of carbonyl (C=O) groups excluding carboxylic acids is 1. The summed E-state index contributed by atoms with van der Waals surface area (Å²) in [5.74, 6) is 1.38. The van der Waals surface area contributed by atoms with Gasteiger partial charge in [0, 0.05) is 22.2 Å². The van der Waals surface area contributed by atoms with Gasteiger partial charge in [0.15, 0.2) is 0 Å². The average molecular weight is 474 g/mol. The number of hydrogen-bond donors (Lipinski definition) is 1. The molecule has 1 aliphatic carbocycles. The van der Waals surface area contributed by atoms with Crippen LogP contribution < -0.4 is 10.1 Å². The largest absolute Gasteiger partial charge is 0.497 e. The zero-order chi connectivity index (χ0) is 23.8. The lowest BCUT2D eigenvalue weighted by molar-refractivity contribution is 0.188. The Labute approximate surface area is 205 Å². The number of nitrogens with one attached hydrogen (secondary N) is 1. The Kier molecular flexibility index (Phi) is 6.05. The van der Waals surface area contributed by atoms with Crippen molar-refractivity contribution in [2.45, 2.75) is 38.6 Å². The molecule has 2 aliphatic rings. The number of nitrogens with zero attached hydrogens (tertiary/aromatic N) is 2. The van der Waals surface area contributed by atoms with E-state index in [0.29, 0.717) is 10.9 Å². The lowest BCUT2D eigenvalue weighted by Gasteiger charge is -2.30. The zero-order valence-corrected chi connectivity index (χ0v) is 20.3. The van der Waals surface area contributed by atoms with E-state index in [9.17, 15) is 4.79 Å². The van der Waals surface area contributed by atoms with Crippen molar-refractivity contribution in [1.29, 1.82) is 0 Å². The van der Waals surface area contributed by atoms with Gasteiger partial charge in [0.25, 0.3) is 0 Å². The highest BCUT2D eigenvalue weighted by molar-refractivity contribution is 6.30. The Morgan fingerprint density at radius 3 is 2.50 bits per heavy atom. The third kappa shape index (κ3) is 4.16. The molecule has 2 atom stereocenters. The highest BCUT2D eigenvalue weighted by atomic mass is 35.5. The molecule has 0 radical (unpaired) electrons. The van der Waals surface area contributed by atoms with Crippen LogP contribution in [0.5, 0.6) is 5.75 Å². The quantitative estimate of drug-likeness (QED) is 0.442. The molecular formula is C28H28ClN3O2. The summed E-state index contributed by atoms with van der Waals surface area (Å²) in [4.78, 5) is 13.5. The van der Waals surface area contributed by atoms with Crippen LogP contribution in [0.2, 0.25) is 5.02 Å². The van der Waals surface area contributed by atoms with Crippen LogP contribution in [0.25, 0.3) is 0 Å². The Hall–Kier alpha value is -3.31. The van der Waals surface area contributed by atoms with Crippen LogP contribution in [0, 0.1) is 5.92 Å². The van der Waals surface area contributed by atoms with Gasteiger partial charge < -0.3 is 10.1 Å². The van der Waals surface area contributed by atoms with Crippen LogP contribution in [0.1, 0.15) is 54.5 Å². The topological polar surface area (TPSA) is 53.9 Å². The molecule has 3 aromatic rings. The molecule has 0 saturated heterocycles. The van der Waals surface area contributed by atoms with Gasteiger partial charge in [-0.05, 0) is 77.9 Å². The molecule has 5 rings (SSSR count). The van der Waals surface area contributed by atoms with Crippen LogP contribution in [-0.2, 0) is 6.42 Å². The van der Waals surface area contributed by atoms with Gasteiger partial charge in [0.1, 0.15) is 5.75 Å². The van der Waals surface area contributed by atoms with E-state index >= 15 is 0 Å². The second-order valence-electron chi connectivity index (χ2n) is 9.20. The van der Waals surface area contributed by atoms with Crippen LogP contribution in [0.4, 0.5) is 10.5 Å². The first-order chi connectivity index (χ1) is 16.4. The van der Waals surface area contributed by atoms with Gasteiger partial charge in [-0.3, -0.25) is 0 Å². The number of carbonyl (C=O) groups is 1. The first-order valence-electron chi connectivity index (χ1n) is 11.7. The molecule has 3 aromatic carbocycles. The molecule has 34 heavy (non-hydrogen) atoms. The molecule has 0 spiro atoms. The first kappa shape index (κ1) is 22.5. The molecule has 0 saturated carbocycles. The van der Waals surface area contributed by atoms with Gasteiger partial charge in [0.05, 0.1) is 18.9 Å². The molecule has 6 heteroatoms. The van der Waals surface area contributed by atoms with E-state index in [1.54, 1.807) is 12.1 Å². The van der Waals surface area contributed by atoms with Crippen molar-refractivity contribution in [3.05, 3.63) is 94.0 Å². The summed E-state index contributed by atoms with van der Waals surface area (Å²) in [6.45, 7) is 4.31. The summed E-state index contributed by atoms with van der Waals surface area (Å²) < 4.78 is 5.42. The van der Waals surface area contributed by atoms with E-state index in [-0.39, 0.29) is 18.0 Å². The minimum absolute atomic E-state index is 0.108. The zero-order valence-electron chi connectivity index (χ0n) is 19.6. The van der Waals surface area contributed by atoms with Gasteiger partial charge in [0.2, 0.25) is 0 Å². The number of hydrogen-bond acceptors (Lipinski definition) is 3. The van der Waals surface area contributed by atoms with Gasteiger partial charge in [-0.15, -0.1) is 0 Å². The monoisotopic (exact) mass is 473 g/mol. The predicted molar refractivity (Wildman–Crippen MR) is 137 cm³/mol. The summed E-state index contributed by atoms with van der Waals surface area (Å²) in [6, 6.07) is 21.4. The third-order valence-corrected chi connectivity index (χ3v) is 7.02. The van der Waals surface area contributed by atoms with Crippen molar-refractivity contribution < 1.29 is 9.53 Å². The Morgan fingerprint density at radius 1 is 1.09 bits per heavy atom. The number of urea groups is 1. The van der Waals surface area contributed by atoms with E-state index in [2.05, 4.69) is 43.4 Å². The Bertz CT molecular complexity index is 1240. The molecule has 1 heterocycles. The number of ether oxygens (including phenoxy) is 1. The van der Waals surface area contributed by atoms with E-state index in [4.69, 9.17) is 21.4 Å². The number of rotatable bonds is 4. The Balaban J connectivity index is 1.50. The highest BCUT2D eigenvalue weighted by Gasteiger charge is 2.44. The van der Waals surface area contributed by atoms with Gasteiger partial charge in [-0.2, -0.15) is 5.10 Å². The number of benzene rings is 3. The summed E-state index contributed by atoms with van der Waals surface area (Å²) in [5.41, 5.74) is 6.26. The van der Waals surface area contributed by atoms with Gasteiger partial charge in [-0.1, -0.05) is 49.7 Å². The molecule has 1 N–H and O–H groups in total. The summed E-state index contributed by atoms with van der Waals surface area (Å²) in [6.07, 6.45) is 1.81. The fourth-order valence-corrected chi connectivity index (χ4v) is 5.05. The van der Waals surface area contributed by atoms with Crippen molar-refractivity contribution in [2.75, 3.05) is 12.4 Å². The molecule has 0 fully saturated rings. The summed E-state index contributed by atoms with van der Waals surface area (Å²) in [5, 5.41) is 10.2. The Morgan fingerprint density at radius 2 is 1.82 bits per heavy atom. The smallest absolute Gasteiger partial charge is 0.342 e. The first-order valence-corrected chi connectivity index (χ1v) is 12.0. The minimum Gasteiger partial charge on any atom is -0.497 e. The molecule has 174 valence electrons. The normalized spacial score (nSPS) is 18.9. The van der Waals surface area contributed by atoms with E-state index in [1.165, 1.54) is 11.1 Å². The number of fused-ring (bicyclic) bond motifs is 3. The molecule has 0 bridgehead atoms. The van der Waals surface area contributed by atoms with E-state index in [0.717, 1.165) is 41.1 Å². The standard InChI is InChI=1S/C28H28ClN3O2/c1-17(2)18-6-11-22(12-7-18)30-28(33)32-27(19-4-9-21(29)10-5-19)25-14-8-20-16-23(34-3)13-15-24(20)26(25)31-32/h4-7,9-13,15-17,25,27H,8,14H2,1-3H3,(H,30,33)/t25-,27+/m1/s1. The van der Waals surface area contributed by atoms with Crippen molar-refractivity contribution in [3.8, 4) is 5.75 Å². The van der Waals surface area contributed by atoms with Gasteiger partial charge in [-0.25, -0.2) is 9.80 Å². The highest BCUT2D eigenvalue weighted by Crippen LogP contribution is 2.44. The number of anilines is 1. The number of aryl methyl sites for hydroxylation is 1. The minimum atomic E-state index is -0.241. The lowest BCUT2D eigenvalue weighted by atomic mass is 9.77. The second-order valence-corrected chi connectivity index (χ2v) is 9.64. The fraction of sp³-hybridized carbons (Fsp3) is 0.286. The van der Waals surface area contributed by atoms with Crippen molar-refractivity contribution >= 4 is 29.0 Å². The van der Waals surface area contributed by atoms with Crippen molar-refractivity contribution in [1.82, 2.24) is 5.01 Å². The van der Waals surface area contributed by atoms with Crippen molar-refractivity contribution in [3.63, 3.8) is 0 Å². The SMILES string of the molecule is COc1ccc2c(c1)CC[C@@H]1C2=NN(C(=O)Nc2ccc(C(C)C)cc2)[C@H]1c1ccc(Cl)cc1. The van der Waals surface area contributed by atoms with E-state index < -0.39 is 0 Å². The predicted octanol–water partition coefficient (Wildman–Crippen LogP) is 7.03. The molecule has 5 nitrogen and oxygen atoms in total. The van der Waals surface area contributed by atoms with Crippen LogP contribution >= 0.6 is 11.6 Å². The van der Waals surface area contributed by atoms with Crippen LogP contribution in [0.3, 0.4) is 0 Å². The number of amides is 2. The fourth-order valence-electron chi connectivity index (χ4n) is 4.92. The summed E-state index contributed by atoms with van der Waals surface area (Å²) >= 11 is 6.16. The van der Waals surface area contributed by atoms with E-state index in [1.807, 2.05) is 42.5 Å². The van der Waals surface area contributed by atoms with Crippen LogP contribution in [-0.4, -0.2) is 23.9 Å². The van der Waals surface area contributed by atoms with Gasteiger partial charge >= 0.3 is 6.03 Å². The summed E-state index contributed by atoms with van der Waals surface area (Å²) in [7, 11) is 1.68. The maximum absolute atomic E-state index is 13.5. The van der Waals surface area contributed by atoms with Crippen LogP contribution in [0.15, 0.2) is 71.8 Å². The van der Waals surface area contributed by atoms with Crippen molar-refractivity contribution in [2.24, 2.45) is 11.0 Å². The molecular weight excluding hydrogens is 446 g/mol.